The standard InChI is InChI=1S/C24H38N2O11S2/c1-23(2,3)36-21(27)25-20(26-22(28)37-24(4,5)6)10-9-13-33-19-12-11-17(15-34-38(7,29)30)18(14-19)16-35-39(8,31)32/h11-12,14H,9-10,13,15-16H2,1-8H3,(H,25,26,27,28). The van der Waals surface area contributed by atoms with Crippen molar-refractivity contribution < 1.29 is 49.0 Å². The van der Waals surface area contributed by atoms with Crippen molar-refractivity contribution in [3.63, 3.8) is 0 Å². The van der Waals surface area contributed by atoms with Gasteiger partial charge >= 0.3 is 12.2 Å². The Hall–Kier alpha value is -2.75. The molecule has 1 aromatic rings. The molecular weight excluding hydrogens is 556 g/mol. The fourth-order valence-corrected chi connectivity index (χ4v) is 3.38. The van der Waals surface area contributed by atoms with Gasteiger partial charge in [-0.2, -0.15) is 21.8 Å². The first-order valence-electron chi connectivity index (χ1n) is 11.9. The molecule has 0 heterocycles. The maximum absolute atomic E-state index is 12.2. The molecule has 39 heavy (non-hydrogen) atoms. The summed E-state index contributed by atoms with van der Waals surface area (Å²) in [6, 6.07) is 4.58. The van der Waals surface area contributed by atoms with E-state index in [1.807, 2.05) is 0 Å². The summed E-state index contributed by atoms with van der Waals surface area (Å²) >= 11 is 0. The molecule has 0 saturated carbocycles. The normalized spacial score (nSPS) is 13.1. The Bertz CT molecular complexity index is 1240. The van der Waals surface area contributed by atoms with E-state index in [0.717, 1.165) is 12.5 Å². The maximum atomic E-state index is 12.2. The number of nitrogens with zero attached hydrogens (tertiary/aromatic N) is 1. The number of alkyl carbamates (subject to hydrolysis) is 1. The van der Waals surface area contributed by atoms with E-state index in [1.165, 1.54) is 12.1 Å². The minimum absolute atomic E-state index is 0.0256. The number of ether oxygens (including phenoxy) is 3. The van der Waals surface area contributed by atoms with Gasteiger partial charge in [0.25, 0.3) is 20.2 Å². The number of amidine groups is 1. The Morgan fingerprint density at radius 3 is 1.90 bits per heavy atom. The third-order valence-electron chi connectivity index (χ3n) is 4.13. The van der Waals surface area contributed by atoms with Gasteiger partial charge in [-0.3, -0.25) is 13.7 Å². The van der Waals surface area contributed by atoms with Gasteiger partial charge in [-0.1, -0.05) is 6.07 Å². The summed E-state index contributed by atoms with van der Waals surface area (Å²) < 4.78 is 71.4. The van der Waals surface area contributed by atoms with Gasteiger partial charge < -0.3 is 14.2 Å². The SMILES string of the molecule is CC(C)(C)OC(=O)N=C(CCCOc1ccc(COS(C)(=O)=O)c(COS(C)(=O)=O)c1)NC(=O)OC(C)(C)C. The van der Waals surface area contributed by atoms with Crippen molar-refractivity contribution in [2.75, 3.05) is 19.1 Å². The largest absolute Gasteiger partial charge is 0.494 e. The minimum Gasteiger partial charge on any atom is -0.494 e. The van der Waals surface area contributed by atoms with Crippen LogP contribution in [-0.2, 0) is 51.3 Å². The molecule has 0 radical (unpaired) electrons. The van der Waals surface area contributed by atoms with Crippen molar-refractivity contribution >= 4 is 38.3 Å². The summed E-state index contributed by atoms with van der Waals surface area (Å²) in [5.74, 6) is 0.369. The van der Waals surface area contributed by atoms with Crippen LogP contribution in [0.4, 0.5) is 9.59 Å². The molecule has 13 nitrogen and oxygen atoms in total. The smallest absolute Gasteiger partial charge is 0.435 e. The van der Waals surface area contributed by atoms with E-state index < -0.39 is 43.6 Å². The van der Waals surface area contributed by atoms with Crippen molar-refractivity contribution in [3.05, 3.63) is 29.3 Å². The Morgan fingerprint density at radius 1 is 0.846 bits per heavy atom. The third kappa shape index (κ3) is 17.5. The van der Waals surface area contributed by atoms with E-state index in [4.69, 9.17) is 22.6 Å². The van der Waals surface area contributed by atoms with Crippen LogP contribution in [0.15, 0.2) is 23.2 Å². The highest BCUT2D eigenvalue weighted by Gasteiger charge is 2.20. The molecule has 0 aliphatic rings. The Balaban J connectivity index is 2.93. The van der Waals surface area contributed by atoms with Crippen LogP contribution < -0.4 is 10.1 Å². The lowest BCUT2D eigenvalue weighted by molar-refractivity contribution is 0.0561. The second-order valence-electron chi connectivity index (χ2n) is 10.5. The van der Waals surface area contributed by atoms with Gasteiger partial charge in [0.05, 0.1) is 32.3 Å². The second kappa shape index (κ2) is 14.1. The van der Waals surface area contributed by atoms with E-state index in [9.17, 15) is 26.4 Å². The van der Waals surface area contributed by atoms with Gasteiger partial charge in [0.15, 0.2) is 0 Å². The zero-order chi connectivity index (χ0) is 30.1. The van der Waals surface area contributed by atoms with E-state index in [2.05, 4.69) is 10.3 Å². The molecular formula is C24H38N2O11S2. The van der Waals surface area contributed by atoms with Gasteiger partial charge in [-0.15, -0.1) is 0 Å². The molecule has 0 bridgehead atoms. The molecule has 0 fully saturated rings. The average Bonchev–Trinajstić information content (AvgIpc) is 2.70. The van der Waals surface area contributed by atoms with Gasteiger partial charge in [0.2, 0.25) is 0 Å². The Labute approximate surface area is 230 Å². The molecule has 15 heteroatoms. The quantitative estimate of drug-likeness (QED) is 0.171. The summed E-state index contributed by atoms with van der Waals surface area (Å²) in [5, 5.41) is 2.46. The monoisotopic (exact) mass is 594 g/mol. The molecule has 1 aromatic carbocycles. The van der Waals surface area contributed by atoms with Crippen LogP contribution in [0.1, 0.15) is 65.5 Å². The third-order valence-corrected chi connectivity index (χ3v) is 5.22. The van der Waals surface area contributed by atoms with Crippen LogP contribution in [0.3, 0.4) is 0 Å². The molecule has 0 aliphatic carbocycles. The van der Waals surface area contributed by atoms with Gasteiger partial charge in [-0.25, -0.2) is 9.59 Å². The molecule has 222 valence electrons. The molecule has 1 N–H and O–H groups in total. The lowest BCUT2D eigenvalue weighted by Gasteiger charge is -2.21. The Morgan fingerprint density at radius 2 is 1.38 bits per heavy atom. The van der Waals surface area contributed by atoms with Crippen molar-refractivity contribution in [2.45, 2.75) is 78.8 Å². The first-order valence-corrected chi connectivity index (χ1v) is 15.5. The van der Waals surface area contributed by atoms with Crippen molar-refractivity contribution in [1.29, 1.82) is 0 Å². The lowest BCUT2D eigenvalue weighted by atomic mass is 10.1. The molecule has 0 spiro atoms. The molecule has 0 atom stereocenters. The van der Waals surface area contributed by atoms with Crippen molar-refractivity contribution in [2.24, 2.45) is 4.99 Å². The van der Waals surface area contributed by atoms with Crippen LogP contribution in [0.25, 0.3) is 0 Å². The first kappa shape index (κ1) is 34.3. The Kier molecular flexibility index (Phi) is 12.3. The average molecular weight is 595 g/mol. The summed E-state index contributed by atoms with van der Waals surface area (Å²) in [5.41, 5.74) is -0.802. The second-order valence-corrected chi connectivity index (χ2v) is 13.8. The van der Waals surface area contributed by atoms with Crippen LogP contribution in [0.5, 0.6) is 5.75 Å². The lowest BCUT2D eigenvalue weighted by Crippen LogP contribution is -2.37. The fourth-order valence-electron chi connectivity index (χ4n) is 2.70. The zero-order valence-corrected chi connectivity index (χ0v) is 25.2. The first-order chi connectivity index (χ1) is 17.6. The fraction of sp³-hybridized carbons (Fsp3) is 0.625. The number of nitrogens with one attached hydrogen (secondary N) is 1. The van der Waals surface area contributed by atoms with Crippen LogP contribution in [-0.4, -0.2) is 65.2 Å². The topological polar surface area (TPSA) is 173 Å². The molecule has 2 amide bonds. The van der Waals surface area contributed by atoms with Crippen molar-refractivity contribution in [1.82, 2.24) is 5.32 Å². The van der Waals surface area contributed by atoms with E-state index >= 15 is 0 Å². The minimum atomic E-state index is -3.76. The van der Waals surface area contributed by atoms with E-state index in [1.54, 1.807) is 47.6 Å². The summed E-state index contributed by atoms with van der Waals surface area (Å²) in [7, 11) is -7.49. The van der Waals surface area contributed by atoms with Crippen LogP contribution >= 0.6 is 0 Å². The summed E-state index contributed by atoms with van der Waals surface area (Å²) in [6.45, 7) is 9.58. The summed E-state index contributed by atoms with van der Waals surface area (Å²) in [6.07, 6.45) is 0.566. The van der Waals surface area contributed by atoms with Gasteiger partial charge in [0.1, 0.15) is 22.8 Å². The highest BCUT2D eigenvalue weighted by molar-refractivity contribution is 7.86. The number of hydrogen-bond donors (Lipinski definition) is 1. The molecule has 0 unspecified atom stereocenters. The number of amides is 2. The van der Waals surface area contributed by atoms with Crippen LogP contribution in [0, 0.1) is 0 Å². The molecule has 0 saturated heterocycles. The van der Waals surface area contributed by atoms with Crippen molar-refractivity contribution in [3.8, 4) is 5.75 Å². The van der Waals surface area contributed by atoms with Crippen LogP contribution in [0.2, 0.25) is 0 Å². The number of rotatable bonds is 11. The molecule has 1 rings (SSSR count). The van der Waals surface area contributed by atoms with Gasteiger partial charge in [0, 0.05) is 6.42 Å². The maximum Gasteiger partial charge on any atom is 0.435 e. The highest BCUT2D eigenvalue weighted by atomic mass is 32.2. The van der Waals surface area contributed by atoms with Gasteiger partial charge in [-0.05, 0) is 71.2 Å². The number of hydrogen-bond acceptors (Lipinski definition) is 11. The highest BCUT2D eigenvalue weighted by Crippen LogP contribution is 2.21. The summed E-state index contributed by atoms with van der Waals surface area (Å²) in [4.78, 5) is 28.2. The molecule has 0 aliphatic heterocycles. The number of aliphatic imine (C=N–C) groups is 1. The zero-order valence-electron chi connectivity index (χ0n) is 23.5. The van der Waals surface area contributed by atoms with E-state index in [-0.39, 0.29) is 32.1 Å². The molecule has 0 aromatic heterocycles. The van der Waals surface area contributed by atoms with E-state index in [0.29, 0.717) is 23.3 Å². The number of carbonyl (C=O) groups excluding carboxylic acids is 2. The number of carbonyl (C=O) groups is 2. The predicted octanol–water partition coefficient (Wildman–Crippen LogP) is 3.66. The number of benzene rings is 1. The predicted molar refractivity (Wildman–Crippen MR) is 143 cm³/mol.